The molecular weight excluding hydrogens is 271 g/mol. The Kier molecular flexibility index (Phi) is 8.54. The fraction of sp³-hybridized carbons (Fsp3) is 0. The van der Waals surface area contributed by atoms with Crippen LogP contribution in [0.4, 0.5) is 0 Å². The predicted molar refractivity (Wildman–Crippen MR) is 105 cm³/mol. The van der Waals surface area contributed by atoms with E-state index < -0.39 is 0 Å². The van der Waals surface area contributed by atoms with E-state index in [1.165, 1.54) is 16.7 Å². The van der Waals surface area contributed by atoms with Gasteiger partial charge in [-0.15, -0.1) is 0 Å². The van der Waals surface area contributed by atoms with Crippen LogP contribution in [0.3, 0.4) is 0 Å². The van der Waals surface area contributed by atoms with Crippen LogP contribution in [0.5, 0.6) is 0 Å². The number of benzene rings is 3. The molecule has 0 aliphatic carbocycles. The summed E-state index contributed by atoms with van der Waals surface area (Å²) in [6.07, 6.45) is 1.83. The summed E-state index contributed by atoms with van der Waals surface area (Å²) in [5, 5.41) is 0. The van der Waals surface area contributed by atoms with E-state index >= 15 is 0 Å². The van der Waals surface area contributed by atoms with Crippen molar-refractivity contribution in [3.8, 4) is 0 Å². The molecule has 0 bridgehead atoms. The molecule has 0 saturated heterocycles. The molecule has 0 aromatic heterocycles. The van der Waals surface area contributed by atoms with E-state index in [2.05, 4.69) is 37.4 Å². The quantitative estimate of drug-likeness (QED) is 0.565. The molecule has 0 nitrogen and oxygen atoms in total. The standard InChI is InChI=1S/C14H12.C8H8.Li.H/c1-12(13-8-4-2-5-9-13)14-10-6-3-7-11-14;1-2-8-6-4-3-5-7-8;;/h2-11H,1H2;2-7H,1H2;;. The van der Waals surface area contributed by atoms with Gasteiger partial charge in [0.2, 0.25) is 0 Å². The van der Waals surface area contributed by atoms with Crippen molar-refractivity contribution in [3.05, 3.63) is 121 Å². The van der Waals surface area contributed by atoms with Crippen LogP contribution in [-0.4, -0.2) is 18.9 Å². The zero-order valence-corrected chi connectivity index (χ0v) is 12.7. The van der Waals surface area contributed by atoms with Crippen molar-refractivity contribution < 1.29 is 0 Å². The Morgan fingerprint density at radius 2 is 0.957 bits per heavy atom. The third-order valence-electron chi connectivity index (χ3n) is 3.28. The molecule has 0 amide bonds. The van der Waals surface area contributed by atoms with E-state index in [4.69, 9.17) is 0 Å². The normalized spacial score (nSPS) is 8.87. The van der Waals surface area contributed by atoms with Crippen molar-refractivity contribution in [2.24, 2.45) is 0 Å². The van der Waals surface area contributed by atoms with Gasteiger partial charge >= 0.3 is 18.9 Å². The summed E-state index contributed by atoms with van der Waals surface area (Å²) >= 11 is 0. The molecule has 23 heavy (non-hydrogen) atoms. The molecule has 0 aliphatic rings. The van der Waals surface area contributed by atoms with Gasteiger partial charge in [-0.25, -0.2) is 0 Å². The summed E-state index contributed by atoms with van der Waals surface area (Å²) in [5.41, 5.74) is 4.61. The van der Waals surface area contributed by atoms with Gasteiger partial charge in [0.15, 0.2) is 0 Å². The summed E-state index contributed by atoms with van der Waals surface area (Å²) in [6, 6.07) is 30.5. The minimum absolute atomic E-state index is 0. The first-order valence-electron chi connectivity index (χ1n) is 7.28. The fourth-order valence-corrected chi connectivity index (χ4v) is 2.03. The summed E-state index contributed by atoms with van der Waals surface area (Å²) in [6.45, 7) is 7.73. The van der Waals surface area contributed by atoms with Crippen LogP contribution in [0.25, 0.3) is 11.6 Å². The van der Waals surface area contributed by atoms with Gasteiger partial charge in [0.25, 0.3) is 0 Å². The van der Waals surface area contributed by atoms with E-state index in [0.717, 1.165) is 5.57 Å². The van der Waals surface area contributed by atoms with Crippen molar-refractivity contribution >= 4 is 30.5 Å². The number of hydrogen-bond acceptors (Lipinski definition) is 0. The SMILES string of the molecule is C=C(c1ccccc1)c1ccccc1.C=Cc1ccccc1.[LiH]. The van der Waals surface area contributed by atoms with E-state index in [9.17, 15) is 0 Å². The molecular formula is C22H21Li. The van der Waals surface area contributed by atoms with Crippen molar-refractivity contribution in [1.82, 2.24) is 0 Å². The molecule has 3 rings (SSSR count). The van der Waals surface area contributed by atoms with Gasteiger partial charge < -0.3 is 0 Å². The molecule has 0 N–H and O–H groups in total. The summed E-state index contributed by atoms with van der Waals surface area (Å²) in [4.78, 5) is 0. The monoisotopic (exact) mass is 292 g/mol. The first-order chi connectivity index (χ1) is 10.8. The number of hydrogen-bond donors (Lipinski definition) is 0. The Morgan fingerprint density at radius 3 is 1.26 bits per heavy atom. The second kappa shape index (κ2) is 10.5. The van der Waals surface area contributed by atoms with E-state index in [-0.39, 0.29) is 18.9 Å². The molecule has 0 aliphatic heterocycles. The van der Waals surface area contributed by atoms with Gasteiger partial charge in [-0.1, -0.05) is 110 Å². The Labute approximate surface area is 151 Å². The average molecular weight is 292 g/mol. The van der Waals surface area contributed by atoms with Gasteiger partial charge in [-0.3, -0.25) is 0 Å². The van der Waals surface area contributed by atoms with Crippen LogP contribution in [0, 0.1) is 0 Å². The first-order valence-corrected chi connectivity index (χ1v) is 7.28. The Hall–Kier alpha value is -2.26. The second-order valence-electron chi connectivity index (χ2n) is 4.83. The summed E-state index contributed by atoms with van der Waals surface area (Å²) < 4.78 is 0. The Balaban J connectivity index is 0.000000253. The van der Waals surface area contributed by atoms with Crippen molar-refractivity contribution in [2.45, 2.75) is 0 Å². The third kappa shape index (κ3) is 6.16. The topological polar surface area (TPSA) is 0 Å². The summed E-state index contributed by atoms with van der Waals surface area (Å²) in [7, 11) is 0. The molecule has 3 aromatic rings. The molecule has 0 atom stereocenters. The van der Waals surface area contributed by atoms with Crippen molar-refractivity contribution in [2.75, 3.05) is 0 Å². The molecule has 0 spiro atoms. The van der Waals surface area contributed by atoms with Crippen molar-refractivity contribution in [3.63, 3.8) is 0 Å². The van der Waals surface area contributed by atoms with E-state index in [1.807, 2.05) is 72.8 Å². The zero-order chi connectivity index (χ0) is 15.6. The predicted octanol–water partition coefficient (Wildman–Crippen LogP) is 5.43. The Morgan fingerprint density at radius 1 is 0.609 bits per heavy atom. The van der Waals surface area contributed by atoms with Gasteiger partial charge in [0, 0.05) is 0 Å². The molecule has 0 fully saturated rings. The maximum absolute atomic E-state index is 4.10. The third-order valence-corrected chi connectivity index (χ3v) is 3.28. The minimum atomic E-state index is 0. The maximum atomic E-state index is 4.10. The second-order valence-corrected chi connectivity index (χ2v) is 4.83. The molecule has 0 unspecified atom stereocenters. The van der Waals surface area contributed by atoms with Gasteiger partial charge in [-0.05, 0) is 22.3 Å². The van der Waals surface area contributed by atoms with Crippen LogP contribution in [-0.2, 0) is 0 Å². The van der Waals surface area contributed by atoms with E-state index in [1.54, 1.807) is 0 Å². The molecule has 3 aromatic carbocycles. The van der Waals surface area contributed by atoms with Crippen molar-refractivity contribution in [1.29, 1.82) is 0 Å². The fourth-order valence-electron chi connectivity index (χ4n) is 2.03. The molecule has 0 saturated carbocycles. The Bertz CT molecular complexity index is 659. The summed E-state index contributed by atoms with van der Waals surface area (Å²) in [5.74, 6) is 0. The van der Waals surface area contributed by atoms with Gasteiger partial charge in [-0.2, -0.15) is 0 Å². The van der Waals surface area contributed by atoms with Gasteiger partial charge in [0.1, 0.15) is 0 Å². The van der Waals surface area contributed by atoms with Crippen LogP contribution in [0.1, 0.15) is 16.7 Å². The van der Waals surface area contributed by atoms with Crippen LogP contribution in [0.2, 0.25) is 0 Å². The van der Waals surface area contributed by atoms with Crippen LogP contribution < -0.4 is 0 Å². The van der Waals surface area contributed by atoms with E-state index in [0.29, 0.717) is 0 Å². The average Bonchev–Trinajstić information content (AvgIpc) is 2.64. The molecule has 0 heterocycles. The zero-order valence-electron chi connectivity index (χ0n) is 12.7. The molecule has 1 heteroatoms. The van der Waals surface area contributed by atoms with Crippen LogP contribution >= 0.6 is 0 Å². The van der Waals surface area contributed by atoms with Gasteiger partial charge in [0.05, 0.1) is 0 Å². The first kappa shape index (κ1) is 18.8. The molecule has 110 valence electrons. The molecule has 0 radical (unpaired) electrons. The van der Waals surface area contributed by atoms with Crippen LogP contribution in [0.15, 0.2) is 104 Å². The number of rotatable bonds is 3.